The number of Topliss-reactive ketones (excluding diaryl/α,β-unsaturated/α-hetero) is 1. The zero-order valence-corrected chi connectivity index (χ0v) is 14.0. The van der Waals surface area contributed by atoms with E-state index in [1.54, 1.807) is 12.1 Å². The predicted octanol–water partition coefficient (Wildman–Crippen LogP) is 2.46. The molecule has 6 nitrogen and oxygen atoms in total. The summed E-state index contributed by atoms with van der Waals surface area (Å²) in [6.45, 7) is 0. The molecule has 0 saturated carbocycles. The van der Waals surface area contributed by atoms with Gasteiger partial charge in [0, 0.05) is 6.42 Å². The Labute approximate surface area is 135 Å². The first-order chi connectivity index (χ1) is 9.81. The molecule has 2 rings (SSSR count). The molecule has 1 atom stereocenters. The molecule has 0 unspecified atom stereocenters. The summed E-state index contributed by atoms with van der Waals surface area (Å²) in [4.78, 5) is 16.8. The third kappa shape index (κ3) is 3.96. The highest BCUT2D eigenvalue weighted by atomic mass is 79.9. The molecule has 0 bridgehead atoms. The third-order valence-electron chi connectivity index (χ3n) is 2.69. The highest BCUT2D eigenvalue weighted by Crippen LogP contribution is 2.39. The van der Waals surface area contributed by atoms with Crippen molar-refractivity contribution in [2.75, 3.05) is 11.6 Å². The van der Waals surface area contributed by atoms with Crippen molar-refractivity contribution >= 4 is 49.1 Å². The molecule has 0 aliphatic carbocycles. The Kier molecular flexibility index (Phi) is 4.90. The van der Waals surface area contributed by atoms with Gasteiger partial charge in [-0.05, 0) is 12.1 Å². The van der Waals surface area contributed by atoms with E-state index in [4.69, 9.17) is 20.6 Å². The second-order valence-corrected chi connectivity index (χ2v) is 6.87. The van der Waals surface area contributed by atoms with E-state index >= 15 is 0 Å². The Morgan fingerprint density at radius 2 is 2.29 bits per heavy atom. The standard InChI is InChI=1S/C12H11BrClNO5S/c1-21(17,18)20-10-4-2-3-7(14)12(10)11-5-8(15-19-11)9(16)6-13/h2-4,11H,5-6H2,1H3/t11-/m1/s1. The summed E-state index contributed by atoms with van der Waals surface area (Å²) >= 11 is 9.15. The monoisotopic (exact) mass is 395 g/mol. The van der Waals surface area contributed by atoms with Gasteiger partial charge in [0.1, 0.15) is 5.71 Å². The van der Waals surface area contributed by atoms with Gasteiger partial charge in [-0.3, -0.25) is 4.79 Å². The van der Waals surface area contributed by atoms with Crippen molar-refractivity contribution in [3.8, 4) is 5.75 Å². The largest absolute Gasteiger partial charge is 0.387 e. The molecule has 0 saturated heterocycles. The van der Waals surface area contributed by atoms with Crippen molar-refractivity contribution in [1.82, 2.24) is 0 Å². The van der Waals surface area contributed by atoms with Gasteiger partial charge < -0.3 is 9.02 Å². The maximum Gasteiger partial charge on any atom is 0.306 e. The van der Waals surface area contributed by atoms with Crippen molar-refractivity contribution in [2.24, 2.45) is 5.16 Å². The highest BCUT2D eigenvalue weighted by Gasteiger charge is 2.31. The van der Waals surface area contributed by atoms with Crippen LogP contribution in [-0.4, -0.2) is 31.5 Å². The van der Waals surface area contributed by atoms with Gasteiger partial charge in [-0.25, -0.2) is 0 Å². The van der Waals surface area contributed by atoms with Crippen LogP contribution in [0.4, 0.5) is 0 Å². The van der Waals surface area contributed by atoms with Crippen LogP contribution in [0.5, 0.6) is 5.75 Å². The number of carbonyl (C=O) groups is 1. The van der Waals surface area contributed by atoms with Gasteiger partial charge in [0.25, 0.3) is 0 Å². The molecule has 0 amide bonds. The molecule has 1 aromatic carbocycles. The number of benzene rings is 1. The average molecular weight is 397 g/mol. The van der Waals surface area contributed by atoms with Crippen molar-refractivity contribution in [3.63, 3.8) is 0 Å². The quantitative estimate of drug-likeness (QED) is 0.564. The minimum Gasteiger partial charge on any atom is -0.387 e. The van der Waals surface area contributed by atoms with E-state index in [0.717, 1.165) is 6.26 Å². The van der Waals surface area contributed by atoms with E-state index in [1.165, 1.54) is 6.07 Å². The fraction of sp³-hybridized carbons (Fsp3) is 0.333. The molecule has 114 valence electrons. The lowest BCUT2D eigenvalue weighted by Crippen LogP contribution is -2.14. The second-order valence-electron chi connectivity index (χ2n) is 4.33. The van der Waals surface area contributed by atoms with Gasteiger partial charge >= 0.3 is 10.1 Å². The molecular formula is C12H11BrClNO5S. The summed E-state index contributed by atoms with van der Waals surface area (Å²) in [5, 5.41) is 4.13. The maximum absolute atomic E-state index is 11.6. The van der Waals surface area contributed by atoms with E-state index in [2.05, 4.69) is 21.1 Å². The Hall–Kier alpha value is -1.12. The van der Waals surface area contributed by atoms with E-state index in [0.29, 0.717) is 5.56 Å². The van der Waals surface area contributed by atoms with Crippen molar-refractivity contribution in [3.05, 3.63) is 28.8 Å². The van der Waals surface area contributed by atoms with E-state index in [-0.39, 0.29) is 34.0 Å². The lowest BCUT2D eigenvalue weighted by molar-refractivity contribution is -0.110. The van der Waals surface area contributed by atoms with Gasteiger partial charge in [-0.2, -0.15) is 8.42 Å². The van der Waals surface area contributed by atoms with E-state index in [1.807, 2.05) is 0 Å². The number of ketones is 1. The van der Waals surface area contributed by atoms with Crippen molar-refractivity contribution in [1.29, 1.82) is 0 Å². The van der Waals surface area contributed by atoms with Gasteiger partial charge in [-0.1, -0.05) is 38.8 Å². The van der Waals surface area contributed by atoms with Crippen molar-refractivity contribution in [2.45, 2.75) is 12.5 Å². The number of hydrogen-bond acceptors (Lipinski definition) is 6. The predicted molar refractivity (Wildman–Crippen MR) is 81.6 cm³/mol. The van der Waals surface area contributed by atoms with E-state index < -0.39 is 16.2 Å². The van der Waals surface area contributed by atoms with Gasteiger partial charge in [-0.15, -0.1) is 0 Å². The molecule has 1 aromatic rings. The van der Waals surface area contributed by atoms with Crippen LogP contribution in [0, 0.1) is 0 Å². The van der Waals surface area contributed by atoms with Crippen LogP contribution >= 0.6 is 27.5 Å². The summed E-state index contributed by atoms with van der Waals surface area (Å²) in [5.41, 5.74) is 0.618. The highest BCUT2D eigenvalue weighted by molar-refractivity contribution is 9.09. The van der Waals surface area contributed by atoms with Crippen LogP contribution in [0.3, 0.4) is 0 Å². The molecule has 9 heteroatoms. The molecule has 0 aromatic heterocycles. The summed E-state index contributed by atoms with van der Waals surface area (Å²) in [7, 11) is -3.71. The van der Waals surface area contributed by atoms with Gasteiger partial charge in [0.15, 0.2) is 17.6 Å². The molecule has 0 fully saturated rings. The number of carbonyl (C=O) groups excluding carboxylic acids is 1. The third-order valence-corrected chi connectivity index (χ3v) is 4.01. The zero-order valence-electron chi connectivity index (χ0n) is 10.9. The SMILES string of the molecule is CS(=O)(=O)Oc1cccc(Cl)c1[C@H]1CC(C(=O)CBr)=NO1. The van der Waals surface area contributed by atoms with Crippen LogP contribution in [-0.2, 0) is 19.8 Å². The molecule has 0 N–H and O–H groups in total. The first kappa shape index (κ1) is 16.3. The molecule has 0 spiro atoms. The lowest BCUT2D eigenvalue weighted by atomic mass is 10.0. The molecule has 1 aliphatic rings. The number of nitrogens with zero attached hydrogens (tertiary/aromatic N) is 1. The van der Waals surface area contributed by atoms with Crippen LogP contribution in [0.25, 0.3) is 0 Å². The molecule has 0 radical (unpaired) electrons. The zero-order chi connectivity index (χ0) is 15.6. The van der Waals surface area contributed by atoms with Crippen LogP contribution in [0.2, 0.25) is 5.02 Å². The Balaban J connectivity index is 2.31. The Bertz CT molecular complexity index is 704. The number of oxime groups is 1. The summed E-state index contributed by atoms with van der Waals surface area (Å²) in [6, 6.07) is 4.61. The topological polar surface area (TPSA) is 82.0 Å². The number of hydrogen-bond donors (Lipinski definition) is 0. The van der Waals surface area contributed by atoms with E-state index in [9.17, 15) is 13.2 Å². The molecule has 1 aliphatic heterocycles. The average Bonchev–Trinajstić information content (AvgIpc) is 2.85. The van der Waals surface area contributed by atoms with Gasteiger partial charge in [0.05, 0.1) is 22.2 Å². The smallest absolute Gasteiger partial charge is 0.306 e. The second kappa shape index (κ2) is 6.33. The van der Waals surface area contributed by atoms with Gasteiger partial charge in [0.2, 0.25) is 0 Å². The maximum atomic E-state index is 11.6. The fourth-order valence-electron chi connectivity index (χ4n) is 1.84. The lowest BCUT2D eigenvalue weighted by Gasteiger charge is -2.15. The Morgan fingerprint density at radius 1 is 1.57 bits per heavy atom. The molecule has 1 heterocycles. The van der Waals surface area contributed by atoms with Crippen LogP contribution < -0.4 is 4.18 Å². The summed E-state index contributed by atoms with van der Waals surface area (Å²) in [5.74, 6) is -0.132. The first-order valence-electron chi connectivity index (χ1n) is 5.81. The normalized spacial score (nSPS) is 18.0. The van der Waals surface area contributed by atoms with Crippen LogP contribution in [0.1, 0.15) is 18.1 Å². The minimum atomic E-state index is -3.71. The van der Waals surface area contributed by atoms with Crippen molar-refractivity contribution < 1.29 is 22.2 Å². The molecule has 21 heavy (non-hydrogen) atoms. The minimum absolute atomic E-state index is 0.0674. The summed E-state index contributed by atoms with van der Waals surface area (Å²) < 4.78 is 27.5. The first-order valence-corrected chi connectivity index (χ1v) is 9.13. The Morgan fingerprint density at radius 3 is 2.90 bits per heavy atom. The fourth-order valence-corrected chi connectivity index (χ4v) is 2.92. The molecular weight excluding hydrogens is 386 g/mol. The van der Waals surface area contributed by atoms with Crippen LogP contribution in [0.15, 0.2) is 23.4 Å². The number of halogens is 2. The number of alkyl halides is 1. The summed E-state index contributed by atoms with van der Waals surface area (Å²) in [6.07, 6.45) is 0.478. The number of rotatable bonds is 5.